The number of nitrogens with zero attached hydrogens (tertiary/aromatic N) is 1. The predicted molar refractivity (Wildman–Crippen MR) is 76.6 cm³/mol. The molecule has 0 aliphatic carbocycles. The standard InChI is InChI=1S/C14H23N3O/c1-10(13(18)16-14(2,3)4)17(5)12-8-6-11(15)7-9-12/h6-10H,15H2,1-5H3,(H,16,18). The molecule has 1 aromatic rings. The van der Waals surface area contributed by atoms with Crippen LogP contribution in [-0.2, 0) is 4.79 Å². The van der Waals surface area contributed by atoms with E-state index in [0.717, 1.165) is 11.4 Å². The Balaban J connectivity index is 2.74. The van der Waals surface area contributed by atoms with Crippen molar-refractivity contribution in [3.8, 4) is 0 Å². The topological polar surface area (TPSA) is 58.4 Å². The second kappa shape index (κ2) is 5.29. The molecule has 18 heavy (non-hydrogen) atoms. The molecule has 4 heteroatoms. The Labute approximate surface area is 109 Å². The number of rotatable bonds is 3. The SMILES string of the molecule is CC(C(=O)NC(C)(C)C)N(C)c1ccc(N)cc1. The van der Waals surface area contributed by atoms with Gasteiger partial charge in [-0.1, -0.05) is 0 Å². The Bertz CT molecular complexity index is 406. The summed E-state index contributed by atoms with van der Waals surface area (Å²) in [5, 5.41) is 2.98. The lowest BCUT2D eigenvalue weighted by atomic mass is 10.1. The molecule has 0 spiro atoms. The Morgan fingerprint density at radius 2 is 1.78 bits per heavy atom. The number of carbonyl (C=O) groups is 1. The third-order valence-corrected chi connectivity index (χ3v) is 2.76. The van der Waals surface area contributed by atoms with Gasteiger partial charge in [0.1, 0.15) is 6.04 Å². The summed E-state index contributed by atoms with van der Waals surface area (Å²) < 4.78 is 0. The van der Waals surface area contributed by atoms with Crippen LogP contribution < -0.4 is 16.0 Å². The highest BCUT2D eigenvalue weighted by molar-refractivity contribution is 5.85. The molecule has 0 aliphatic heterocycles. The number of amides is 1. The van der Waals surface area contributed by atoms with Gasteiger partial charge >= 0.3 is 0 Å². The highest BCUT2D eigenvalue weighted by Gasteiger charge is 2.22. The average Bonchev–Trinajstić information content (AvgIpc) is 2.26. The molecule has 0 radical (unpaired) electrons. The first kappa shape index (κ1) is 14.4. The van der Waals surface area contributed by atoms with Crippen molar-refractivity contribution in [2.75, 3.05) is 17.7 Å². The van der Waals surface area contributed by atoms with E-state index >= 15 is 0 Å². The van der Waals surface area contributed by atoms with Crippen molar-refractivity contribution in [3.63, 3.8) is 0 Å². The zero-order valence-electron chi connectivity index (χ0n) is 11.8. The number of benzene rings is 1. The van der Waals surface area contributed by atoms with E-state index < -0.39 is 0 Å². The molecule has 1 rings (SSSR count). The third-order valence-electron chi connectivity index (χ3n) is 2.76. The van der Waals surface area contributed by atoms with Crippen LogP contribution in [0.25, 0.3) is 0 Å². The maximum absolute atomic E-state index is 12.1. The molecule has 4 nitrogen and oxygen atoms in total. The van der Waals surface area contributed by atoms with Crippen LogP contribution in [-0.4, -0.2) is 24.5 Å². The Kier molecular flexibility index (Phi) is 4.22. The fourth-order valence-electron chi connectivity index (χ4n) is 1.58. The fraction of sp³-hybridized carbons (Fsp3) is 0.500. The van der Waals surface area contributed by atoms with Gasteiger partial charge in [0.05, 0.1) is 0 Å². The zero-order valence-corrected chi connectivity index (χ0v) is 11.8. The van der Waals surface area contributed by atoms with Gasteiger partial charge in [0, 0.05) is 24.0 Å². The lowest BCUT2D eigenvalue weighted by Gasteiger charge is -2.29. The zero-order chi connectivity index (χ0) is 13.9. The maximum atomic E-state index is 12.1. The summed E-state index contributed by atoms with van der Waals surface area (Å²) in [4.78, 5) is 14.0. The van der Waals surface area contributed by atoms with Crippen LogP contribution in [0.2, 0.25) is 0 Å². The summed E-state index contributed by atoms with van der Waals surface area (Å²) in [5.41, 5.74) is 7.13. The number of carbonyl (C=O) groups excluding carboxylic acids is 1. The molecule has 1 amide bonds. The molecule has 0 aromatic heterocycles. The lowest BCUT2D eigenvalue weighted by molar-refractivity contribution is -0.123. The first-order valence-electron chi connectivity index (χ1n) is 6.11. The van der Waals surface area contributed by atoms with Crippen LogP contribution in [0.3, 0.4) is 0 Å². The van der Waals surface area contributed by atoms with Gasteiger partial charge in [-0.15, -0.1) is 0 Å². The van der Waals surface area contributed by atoms with Crippen molar-refractivity contribution in [1.29, 1.82) is 0 Å². The number of hydrogen-bond donors (Lipinski definition) is 2. The third kappa shape index (κ3) is 3.95. The van der Waals surface area contributed by atoms with Crippen molar-refractivity contribution >= 4 is 17.3 Å². The predicted octanol–water partition coefficient (Wildman–Crippen LogP) is 2.01. The minimum absolute atomic E-state index is 0.0156. The second-order valence-corrected chi connectivity index (χ2v) is 5.62. The van der Waals surface area contributed by atoms with E-state index in [2.05, 4.69) is 5.32 Å². The van der Waals surface area contributed by atoms with Crippen molar-refractivity contribution in [2.45, 2.75) is 39.3 Å². The number of likely N-dealkylation sites (N-methyl/N-ethyl adjacent to an activating group) is 1. The molecular formula is C14H23N3O. The lowest BCUT2D eigenvalue weighted by Crippen LogP contribution is -2.50. The summed E-state index contributed by atoms with van der Waals surface area (Å²) in [6.07, 6.45) is 0. The normalized spacial score (nSPS) is 12.9. The van der Waals surface area contributed by atoms with Gasteiger partial charge in [0.25, 0.3) is 0 Å². The quantitative estimate of drug-likeness (QED) is 0.806. The van der Waals surface area contributed by atoms with Gasteiger partial charge in [-0.2, -0.15) is 0 Å². The van der Waals surface area contributed by atoms with Crippen molar-refractivity contribution in [2.24, 2.45) is 0 Å². The van der Waals surface area contributed by atoms with Gasteiger partial charge in [0.2, 0.25) is 5.91 Å². The summed E-state index contributed by atoms with van der Waals surface area (Å²) >= 11 is 0. The van der Waals surface area contributed by atoms with Crippen molar-refractivity contribution in [3.05, 3.63) is 24.3 Å². The summed E-state index contributed by atoms with van der Waals surface area (Å²) in [6, 6.07) is 7.26. The van der Waals surface area contributed by atoms with Crippen LogP contribution in [0.4, 0.5) is 11.4 Å². The summed E-state index contributed by atoms with van der Waals surface area (Å²) in [7, 11) is 1.90. The molecule has 3 N–H and O–H groups in total. The Hall–Kier alpha value is -1.71. The van der Waals surface area contributed by atoms with E-state index in [1.807, 2.05) is 63.9 Å². The molecule has 0 aliphatic rings. The van der Waals surface area contributed by atoms with E-state index in [9.17, 15) is 4.79 Å². The van der Waals surface area contributed by atoms with Crippen molar-refractivity contribution in [1.82, 2.24) is 5.32 Å². The molecule has 0 saturated carbocycles. The second-order valence-electron chi connectivity index (χ2n) is 5.62. The van der Waals surface area contributed by atoms with Gasteiger partial charge in [0.15, 0.2) is 0 Å². The summed E-state index contributed by atoms with van der Waals surface area (Å²) in [6.45, 7) is 7.81. The highest BCUT2D eigenvalue weighted by Crippen LogP contribution is 2.17. The smallest absolute Gasteiger partial charge is 0.242 e. The maximum Gasteiger partial charge on any atom is 0.242 e. The monoisotopic (exact) mass is 249 g/mol. The first-order chi connectivity index (χ1) is 8.20. The molecule has 1 atom stereocenters. The van der Waals surface area contributed by atoms with Gasteiger partial charge in [-0.3, -0.25) is 4.79 Å². The number of nitrogen functional groups attached to an aromatic ring is 1. The molecule has 0 bridgehead atoms. The minimum Gasteiger partial charge on any atom is -0.399 e. The van der Waals surface area contributed by atoms with E-state index in [4.69, 9.17) is 5.73 Å². The minimum atomic E-state index is -0.229. The van der Waals surface area contributed by atoms with E-state index in [1.54, 1.807) is 0 Å². The highest BCUT2D eigenvalue weighted by atomic mass is 16.2. The molecule has 1 aromatic carbocycles. The molecule has 0 saturated heterocycles. The molecule has 100 valence electrons. The molecular weight excluding hydrogens is 226 g/mol. The largest absolute Gasteiger partial charge is 0.399 e. The van der Waals surface area contributed by atoms with Crippen LogP contribution >= 0.6 is 0 Å². The van der Waals surface area contributed by atoms with Crippen LogP contribution in [0, 0.1) is 0 Å². The van der Waals surface area contributed by atoms with Gasteiger partial charge in [-0.25, -0.2) is 0 Å². The van der Waals surface area contributed by atoms with Crippen LogP contribution in [0.1, 0.15) is 27.7 Å². The van der Waals surface area contributed by atoms with E-state index in [0.29, 0.717) is 0 Å². The molecule has 1 unspecified atom stereocenters. The number of hydrogen-bond acceptors (Lipinski definition) is 3. The van der Waals surface area contributed by atoms with Crippen LogP contribution in [0.15, 0.2) is 24.3 Å². The van der Waals surface area contributed by atoms with Gasteiger partial charge < -0.3 is 16.0 Å². The first-order valence-corrected chi connectivity index (χ1v) is 6.11. The number of anilines is 2. The Morgan fingerprint density at radius 1 is 1.28 bits per heavy atom. The van der Waals surface area contributed by atoms with Crippen LogP contribution in [0.5, 0.6) is 0 Å². The average molecular weight is 249 g/mol. The van der Waals surface area contributed by atoms with Gasteiger partial charge in [-0.05, 0) is 52.0 Å². The molecule has 0 fully saturated rings. The Morgan fingerprint density at radius 3 is 2.22 bits per heavy atom. The van der Waals surface area contributed by atoms with Crippen molar-refractivity contribution < 1.29 is 4.79 Å². The summed E-state index contributed by atoms with van der Waals surface area (Å²) in [5.74, 6) is 0.0156. The fourth-order valence-corrected chi connectivity index (χ4v) is 1.58. The van der Waals surface area contributed by atoms with E-state index in [-0.39, 0.29) is 17.5 Å². The molecule has 0 heterocycles. The number of nitrogens with two attached hydrogens (primary N) is 1. The number of nitrogens with one attached hydrogen (secondary N) is 1. The van der Waals surface area contributed by atoms with E-state index in [1.165, 1.54) is 0 Å².